The predicted molar refractivity (Wildman–Crippen MR) is 114 cm³/mol. The normalized spacial score (nSPS) is 11.9. The van der Waals surface area contributed by atoms with Crippen LogP contribution in [0.3, 0.4) is 0 Å². The molecule has 0 heterocycles. The van der Waals surface area contributed by atoms with E-state index in [4.69, 9.17) is 9.47 Å². The fraction of sp³-hybridized carbons (Fsp3) is 0.458. The zero-order chi connectivity index (χ0) is 20.5. The molecular formula is C24H33NO3. The molecule has 0 saturated heterocycles. The van der Waals surface area contributed by atoms with Crippen molar-refractivity contribution >= 4 is 5.91 Å². The van der Waals surface area contributed by atoms with Gasteiger partial charge < -0.3 is 14.8 Å². The van der Waals surface area contributed by atoms with Gasteiger partial charge in [-0.2, -0.15) is 0 Å². The van der Waals surface area contributed by atoms with Gasteiger partial charge in [-0.3, -0.25) is 4.79 Å². The molecule has 1 atom stereocenters. The van der Waals surface area contributed by atoms with Gasteiger partial charge in [0.15, 0.2) is 6.10 Å². The molecule has 0 radical (unpaired) electrons. The summed E-state index contributed by atoms with van der Waals surface area (Å²) in [6.07, 6.45) is 2.09. The lowest BCUT2D eigenvalue weighted by Crippen LogP contribution is -2.38. The van der Waals surface area contributed by atoms with Crippen molar-refractivity contribution in [2.45, 2.75) is 66.1 Å². The lowest BCUT2D eigenvalue weighted by atomic mass is 10.1. The minimum Gasteiger partial charge on any atom is -0.491 e. The van der Waals surface area contributed by atoms with Crippen molar-refractivity contribution in [3.63, 3.8) is 0 Å². The van der Waals surface area contributed by atoms with Gasteiger partial charge in [0, 0.05) is 6.54 Å². The van der Waals surface area contributed by atoms with E-state index < -0.39 is 6.10 Å². The lowest BCUT2D eigenvalue weighted by Gasteiger charge is -2.19. The molecule has 0 aliphatic heterocycles. The van der Waals surface area contributed by atoms with E-state index in [0.717, 1.165) is 35.5 Å². The van der Waals surface area contributed by atoms with E-state index in [1.807, 2.05) is 65.0 Å². The predicted octanol–water partition coefficient (Wildman–Crippen LogP) is 5.00. The second-order valence-electron chi connectivity index (χ2n) is 7.49. The summed E-state index contributed by atoms with van der Waals surface area (Å²) in [6.45, 7) is 10.7. The van der Waals surface area contributed by atoms with E-state index in [1.54, 1.807) is 0 Å². The fourth-order valence-electron chi connectivity index (χ4n) is 2.97. The third-order valence-electron chi connectivity index (χ3n) is 4.49. The molecule has 0 saturated carbocycles. The van der Waals surface area contributed by atoms with Crippen molar-refractivity contribution in [3.05, 3.63) is 59.2 Å². The minimum absolute atomic E-state index is 0.0553. The molecule has 2 rings (SSSR count). The highest BCUT2D eigenvalue weighted by atomic mass is 16.5. The molecule has 2 aromatic carbocycles. The lowest BCUT2D eigenvalue weighted by molar-refractivity contribution is -0.128. The molecule has 152 valence electrons. The molecule has 0 aliphatic rings. The number of hydrogen-bond donors (Lipinski definition) is 1. The number of amides is 1. The van der Waals surface area contributed by atoms with E-state index in [1.165, 1.54) is 5.56 Å². The molecule has 28 heavy (non-hydrogen) atoms. The number of carbonyl (C=O) groups excluding carboxylic acids is 1. The Kier molecular flexibility index (Phi) is 8.37. The second kappa shape index (κ2) is 10.7. The van der Waals surface area contributed by atoms with Crippen LogP contribution < -0.4 is 14.8 Å². The Morgan fingerprint density at radius 2 is 1.86 bits per heavy atom. The first-order valence-electron chi connectivity index (χ1n) is 10.2. The van der Waals surface area contributed by atoms with E-state index in [9.17, 15) is 4.79 Å². The fourth-order valence-corrected chi connectivity index (χ4v) is 2.97. The Balaban J connectivity index is 1.81. The molecule has 0 fully saturated rings. The Labute approximate surface area is 169 Å². The summed E-state index contributed by atoms with van der Waals surface area (Å²) in [4.78, 5) is 12.5. The topological polar surface area (TPSA) is 47.6 Å². The highest BCUT2D eigenvalue weighted by Gasteiger charge is 2.18. The largest absolute Gasteiger partial charge is 0.491 e. The Morgan fingerprint density at radius 3 is 2.57 bits per heavy atom. The maximum absolute atomic E-state index is 12.5. The molecule has 0 spiro atoms. The van der Waals surface area contributed by atoms with Crippen LogP contribution in [0.5, 0.6) is 11.5 Å². The van der Waals surface area contributed by atoms with Crippen LogP contribution in [0.15, 0.2) is 42.5 Å². The highest BCUT2D eigenvalue weighted by Crippen LogP contribution is 2.21. The number of hydrogen-bond acceptors (Lipinski definition) is 3. The van der Waals surface area contributed by atoms with Gasteiger partial charge >= 0.3 is 0 Å². The SMILES string of the molecule is CC[C@H](Oc1cc(C)ccc1C)C(=O)NCCCc1cccc(OC(C)C)c1. The third kappa shape index (κ3) is 6.91. The summed E-state index contributed by atoms with van der Waals surface area (Å²) >= 11 is 0. The van der Waals surface area contributed by atoms with Crippen LogP contribution in [0.25, 0.3) is 0 Å². The molecule has 0 bridgehead atoms. The summed E-state index contributed by atoms with van der Waals surface area (Å²) < 4.78 is 11.7. The summed E-state index contributed by atoms with van der Waals surface area (Å²) in [5.74, 6) is 1.62. The first-order valence-corrected chi connectivity index (χ1v) is 10.2. The Bertz CT molecular complexity index is 770. The van der Waals surface area contributed by atoms with Crippen molar-refractivity contribution in [3.8, 4) is 11.5 Å². The van der Waals surface area contributed by atoms with Crippen LogP contribution in [-0.2, 0) is 11.2 Å². The monoisotopic (exact) mass is 383 g/mol. The van der Waals surface area contributed by atoms with Crippen LogP contribution in [0, 0.1) is 13.8 Å². The van der Waals surface area contributed by atoms with Crippen LogP contribution in [0.1, 0.15) is 50.3 Å². The molecule has 0 unspecified atom stereocenters. The number of carbonyl (C=O) groups is 1. The van der Waals surface area contributed by atoms with Crippen LogP contribution >= 0.6 is 0 Å². The third-order valence-corrected chi connectivity index (χ3v) is 4.49. The molecule has 1 amide bonds. The maximum atomic E-state index is 12.5. The van der Waals surface area contributed by atoms with E-state index in [2.05, 4.69) is 17.4 Å². The van der Waals surface area contributed by atoms with Gasteiger partial charge in [0.1, 0.15) is 11.5 Å². The quantitative estimate of drug-likeness (QED) is 0.588. The average molecular weight is 384 g/mol. The Hall–Kier alpha value is -2.49. The first-order chi connectivity index (χ1) is 13.4. The highest BCUT2D eigenvalue weighted by molar-refractivity contribution is 5.81. The number of ether oxygens (including phenoxy) is 2. The van der Waals surface area contributed by atoms with Gasteiger partial charge in [0.25, 0.3) is 5.91 Å². The van der Waals surface area contributed by atoms with Gasteiger partial charge in [0.2, 0.25) is 0 Å². The van der Waals surface area contributed by atoms with Crippen molar-refractivity contribution in [1.29, 1.82) is 0 Å². The number of nitrogens with one attached hydrogen (secondary N) is 1. The Morgan fingerprint density at radius 1 is 1.07 bits per heavy atom. The van der Waals surface area contributed by atoms with Crippen molar-refractivity contribution < 1.29 is 14.3 Å². The maximum Gasteiger partial charge on any atom is 0.261 e. The number of rotatable bonds is 10. The molecule has 0 aliphatic carbocycles. The van der Waals surface area contributed by atoms with Crippen LogP contribution in [0.4, 0.5) is 0 Å². The average Bonchev–Trinajstić information content (AvgIpc) is 2.65. The molecule has 4 heteroatoms. The zero-order valence-electron chi connectivity index (χ0n) is 17.7. The van der Waals surface area contributed by atoms with E-state index in [-0.39, 0.29) is 12.0 Å². The van der Waals surface area contributed by atoms with E-state index >= 15 is 0 Å². The first kappa shape index (κ1) is 21.8. The van der Waals surface area contributed by atoms with Crippen LogP contribution in [0.2, 0.25) is 0 Å². The molecule has 4 nitrogen and oxygen atoms in total. The number of benzene rings is 2. The molecule has 2 aromatic rings. The summed E-state index contributed by atoms with van der Waals surface area (Å²) in [5.41, 5.74) is 3.38. The van der Waals surface area contributed by atoms with Gasteiger partial charge in [-0.15, -0.1) is 0 Å². The smallest absolute Gasteiger partial charge is 0.261 e. The minimum atomic E-state index is -0.469. The van der Waals surface area contributed by atoms with Gasteiger partial charge in [-0.25, -0.2) is 0 Å². The van der Waals surface area contributed by atoms with Crippen molar-refractivity contribution in [2.24, 2.45) is 0 Å². The number of aryl methyl sites for hydroxylation is 3. The second-order valence-corrected chi connectivity index (χ2v) is 7.49. The van der Waals surface area contributed by atoms with Crippen molar-refractivity contribution in [1.82, 2.24) is 5.32 Å². The zero-order valence-corrected chi connectivity index (χ0v) is 17.7. The van der Waals surface area contributed by atoms with Gasteiger partial charge in [0.05, 0.1) is 6.10 Å². The van der Waals surface area contributed by atoms with Gasteiger partial charge in [-0.05, 0) is 81.8 Å². The summed E-state index contributed by atoms with van der Waals surface area (Å²) in [7, 11) is 0. The molecule has 1 N–H and O–H groups in total. The molecular weight excluding hydrogens is 350 g/mol. The molecule has 0 aromatic heterocycles. The van der Waals surface area contributed by atoms with E-state index in [0.29, 0.717) is 13.0 Å². The van der Waals surface area contributed by atoms with Gasteiger partial charge in [-0.1, -0.05) is 31.2 Å². The summed E-state index contributed by atoms with van der Waals surface area (Å²) in [6, 6.07) is 14.2. The summed E-state index contributed by atoms with van der Waals surface area (Å²) in [5, 5.41) is 3.01. The standard InChI is InChI=1S/C24H33NO3/c1-6-22(28-23-15-18(4)12-13-19(23)5)24(26)25-14-8-10-20-9-7-11-21(16-20)27-17(2)3/h7,9,11-13,15-17,22H,6,8,10,14H2,1-5H3,(H,25,26)/t22-/m0/s1. The van der Waals surface area contributed by atoms with Crippen LogP contribution in [-0.4, -0.2) is 24.7 Å². The van der Waals surface area contributed by atoms with Crippen molar-refractivity contribution in [2.75, 3.05) is 6.54 Å².